The van der Waals surface area contributed by atoms with Gasteiger partial charge in [-0.15, -0.1) is 0 Å². The molecule has 0 radical (unpaired) electrons. The summed E-state index contributed by atoms with van der Waals surface area (Å²) in [6.07, 6.45) is 0. The smallest absolute Gasteiger partial charge is 0.230 e. The molecule has 5 rings (SSSR count). The summed E-state index contributed by atoms with van der Waals surface area (Å²) in [4.78, 5) is 11.9. The van der Waals surface area contributed by atoms with Gasteiger partial charge in [-0.2, -0.15) is 4.98 Å². The number of hydrogen-bond donors (Lipinski definition) is 0. The third-order valence-corrected chi connectivity index (χ3v) is 5.30. The van der Waals surface area contributed by atoms with Crippen LogP contribution in [0.2, 0.25) is 0 Å². The summed E-state index contributed by atoms with van der Waals surface area (Å²) in [7, 11) is 2.14. The normalized spacial score (nSPS) is 15.6. The number of rotatable bonds is 3. The fourth-order valence-electron chi connectivity index (χ4n) is 3.90. The van der Waals surface area contributed by atoms with E-state index in [1.54, 1.807) is 0 Å². The number of para-hydroxylation sites is 2. The molecule has 0 fully saturated rings. The van der Waals surface area contributed by atoms with Crippen LogP contribution in [0.1, 0.15) is 18.4 Å². The second kappa shape index (κ2) is 6.64. The zero-order valence-corrected chi connectivity index (χ0v) is 16.0. The number of ether oxygens (including phenoxy) is 1. The molecular weight excluding hydrogens is 346 g/mol. The van der Waals surface area contributed by atoms with Crippen molar-refractivity contribution < 1.29 is 4.74 Å². The first-order valence-corrected chi connectivity index (χ1v) is 9.54. The van der Waals surface area contributed by atoms with Gasteiger partial charge in [-0.1, -0.05) is 37.3 Å². The van der Waals surface area contributed by atoms with Crippen molar-refractivity contribution in [3.63, 3.8) is 0 Å². The molecule has 4 heteroatoms. The molecule has 4 aromatic rings. The van der Waals surface area contributed by atoms with Crippen molar-refractivity contribution in [2.75, 3.05) is 18.5 Å². The lowest BCUT2D eigenvalue weighted by atomic mass is 10.0. The highest BCUT2D eigenvalue weighted by atomic mass is 16.5. The van der Waals surface area contributed by atoms with Crippen LogP contribution >= 0.6 is 0 Å². The molecule has 2 heterocycles. The first-order chi connectivity index (χ1) is 13.7. The summed E-state index contributed by atoms with van der Waals surface area (Å²) >= 11 is 0. The average molecular weight is 367 g/mol. The van der Waals surface area contributed by atoms with Gasteiger partial charge in [0.25, 0.3) is 0 Å². The molecule has 0 N–H and O–H groups in total. The second-order valence-corrected chi connectivity index (χ2v) is 7.34. The molecule has 0 spiro atoms. The lowest BCUT2D eigenvalue weighted by Gasteiger charge is -2.13. The highest BCUT2D eigenvalue weighted by Gasteiger charge is 2.23. The maximum atomic E-state index is 6.13. The Morgan fingerprint density at radius 2 is 1.71 bits per heavy atom. The van der Waals surface area contributed by atoms with E-state index >= 15 is 0 Å². The maximum Gasteiger partial charge on any atom is 0.230 e. The van der Waals surface area contributed by atoms with Crippen molar-refractivity contribution >= 4 is 16.6 Å². The van der Waals surface area contributed by atoms with Crippen LogP contribution in [0.25, 0.3) is 22.3 Å². The first-order valence-electron chi connectivity index (χ1n) is 9.54. The highest BCUT2D eigenvalue weighted by molar-refractivity contribution is 5.85. The summed E-state index contributed by atoms with van der Waals surface area (Å²) < 4.78 is 6.13. The van der Waals surface area contributed by atoms with Crippen molar-refractivity contribution in [3.05, 3.63) is 78.4 Å². The van der Waals surface area contributed by atoms with Gasteiger partial charge in [-0.3, -0.25) is 0 Å². The van der Waals surface area contributed by atoms with Crippen LogP contribution in [0.15, 0.2) is 72.8 Å². The average Bonchev–Trinajstić information content (AvgIpc) is 3.02. The van der Waals surface area contributed by atoms with E-state index in [0.717, 1.165) is 28.8 Å². The van der Waals surface area contributed by atoms with Crippen molar-refractivity contribution in [2.24, 2.45) is 0 Å². The Balaban J connectivity index is 1.64. The van der Waals surface area contributed by atoms with E-state index in [4.69, 9.17) is 14.7 Å². The van der Waals surface area contributed by atoms with Gasteiger partial charge in [-0.05, 0) is 48.0 Å². The molecule has 4 nitrogen and oxygen atoms in total. The zero-order valence-electron chi connectivity index (χ0n) is 16.0. The number of fused-ring (bicyclic) bond motifs is 2. The molecule has 0 bridgehead atoms. The van der Waals surface area contributed by atoms with E-state index < -0.39 is 0 Å². The van der Waals surface area contributed by atoms with Gasteiger partial charge in [0, 0.05) is 30.8 Å². The number of anilines is 1. The highest BCUT2D eigenvalue weighted by Crippen LogP contribution is 2.38. The van der Waals surface area contributed by atoms with Gasteiger partial charge < -0.3 is 9.64 Å². The number of benzene rings is 3. The second-order valence-electron chi connectivity index (χ2n) is 7.34. The van der Waals surface area contributed by atoms with E-state index in [0.29, 0.717) is 17.6 Å². The van der Waals surface area contributed by atoms with E-state index in [2.05, 4.69) is 37.1 Å². The Morgan fingerprint density at radius 1 is 0.929 bits per heavy atom. The van der Waals surface area contributed by atoms with Gasteiger partial charge in [0.05, 0.1) is 10.9 Å². The van der Waals surface area contributed by atoms with Crippen molar-refractivity contribution in [1.29, 1.82) is 0 Å². The van der Waals surface area contributed by atoms with E-state index in [9.17, 15) is 0 Å². The molecule has 1 atom stereocenters. The summed E-state index contributed by atoms with van der Waals surface area (Å²) in [6.45, 7) is 3.30. The standard InChI is InChI=1S/C24H21N3O/c1-16-15-27(2)22-13-12-17(14-20(16)22)23-25-21-11-7-6-10-19(21)24(26-23)28-18-8-4-3-5-9-18/h3-14,16H,15H2,1-2H3. The van der Waals surface area contributed by atoms with Gasteiger partial charge in [0.15, 0.2) is 5.82 Å². The Kier molecular flexibility index (Phi) is 3.97. The monoisotopic (exact) mass is 367 g/mol. The van der Waals surface area contributed by atoms with Crippen LogP contribution in [0.4, 0.5) is 5.69 Å². The molecule has 0 aliphatic carbocycles. The first kappa shape index (κ1) is 16.8. The molecular formula is C24H21N3O. The Bertz CT molecular complexity index is 1160. The van der Waals surface area contributed by atoms with Gasteiger partial charge in [0.2, 0.25) is 5.88 Å². The minimum Gasteiger partial charge on any atom is -0.438 e. The molecule has 1 aliphatic heterocycles. The number of nitrogens with zero attached hydrogens (tertiary/aromatic N) is 3. The van der Waals surface area contributed by atoms with Gasteiger partial charge >= 0.3 is 0 Å². The molecule has 0 saturated heterocycles. The van der Waals surface area contributed by atoms with Crippen molar-refractivity contribution in [2.45, 2.75) is 12.8 Å². The summed E-state index contributed by atoms with van der Waals surface area (Å²) in [5.74, 6) is 2.54. The molecule has 138 valence electrons. The maximum absolute atomic E-state index is 6.13. The van der Waals surface area contributed by atoms with E-state index in [1.165, 1.54) is 11.3 Å². The van der Waals surface area contributed by atoms with Crippen molar-refractivity contribution in [1.82, 2.24) is 9.97 Å². The fraction of sp³-hybridized carbons (Fsp3) is 0.167. The lowest BCUT2D eigenvalue weighted by molar-refractivity contribution is 0.469. The Morgan fingerprint density at radius 3 is 2.57 bits per heavy atom. The van der Waals surface area contributed by atoms with Gasteiger partial charge in [-0.25, -0.2) is 4.98 Å². The third kappa shape index (κ3) is 2.87. The fourth-order valence-corrected chi connectivity index (χ4v) is 3.90. The lowest BCUT2D eigenvalue weighted by Crippen LogP contribution is -2.13. The molecule has 1 unspecified atom stereocenters. The molecule has 3 aromatic carbocycles. The van der Waals surface area contributed by atoms with Crippen LogP contribution in [0, 0.1) is 0 Å². The molecule has 0 amide bonds. The Hall–Kier alpha value is -3.40. The van der Waals surface area contributed by atoms with Crippen LogP contribution in [-0.2, 0) is 0 Å². The quantitative estimate of drug-likeness (QED) is 0.469. The zero-order chi connectivity index (χ0) is 19.1. The third-order valence-electron chi connectivity index (χ3n) is 5.30. The largest absolute Gasteiger partial charge is 0.438 e. The van der Waals surface area contributed by atoms with Crippen LogP contribution in [0.3, 0.4) is 0 Å². The van der Waals surface area contributed by atoms with E-state index in [-0.39, 0.29) is 0 Å². The summed E-state index contributed by atoms with van der Waals surface area (Å²) in [5, 5.41) is 0.907. The summed E-state index contributed by atoms with van der Waals surface area (Å²) in [6, 6.07) is 24.2. The van der Waals surface area contributed by atoms with Gasteiger partial charge in [0.1, 0.15) is 5.75 Å². The van der Waals surface area contributed by atoms with E-state index in [1.807, 2.05) is 54.6 Å². The minimum atomic E-state index is 0.500. The Labute approximate surface area is 164 Å². The summed E-state index contributed by atoms with van der Waals surface area (Å²) in [5.41, 5.74) is 4.54. The van der Waals surface area contributed by atoms with Crippen LogP contribution in [-0.4, -0.2) is 23.6 Å². The predicted molar refractivity (Wildman–Crippen MR) is 113 cm³/mol. The predicted octanol–water partition coefficient (Wildman–Crippen LogP) is 5.64. The van der Waals surface area contributed by atoms with Crippen LogP contribution < -0.4 is 9.64 Å². The SMILES string of the molecule is CC1CN(C)c2ccc(-c3nc(Oc4ccccc4)c4ccccc4n3)cc21. The number of likely N-dealkylation sites (N-methyl/N-ethyl adjacent to an activating group) is 1. The molecule has 1 aliphatic rings. The van der Waals surface area contributed by atoms with Crippen molar-refractivity contribution in [3.8, 4) is 23.0 Å². The topological polar surface area (TPSA) is 38.2 Å². The number of hydrogen-bond acceptors (Lipinski definition) is 4. The number of aromatic nitrogens is 2. The minimum absolute atomic E-state index is 0.500. The van der Waals surface area contributed by atoms with Crippen LogP contribution in [0.5, 0.6) is 11.6 Å². The molecule has 28 heavy (non-hydrogen) atoms. The molecule has 0 saturated carbocycles. The molecule has 1 aromatic heterocycles.